The fourth-order valence-electron chi connectivity index (χ4n) is 0.188. The summed E-state index contributed by atoms with van der Waals surface area (Å²) in [5.41, 5.74) is 0. The van der Waals surface area contributed by atoms with Crippen molar-refractivity contribution in [2.24, 2.45) is 0 Å². The summed E-state index contributed by atoms with van der Waals surface area (Å²) in [7, 11) is 0. The molecule has 0 aliphatic heterocycles. The van der Waals surface area contributed by atoms with Crippen LogP contribution in [-0.4, -0.2) is 0 Å². The molecule has 0 fully saturated rings. The van der Waals surface area contributed by atoms with E-state index in [-0.39, 0.29) is 49.1 Å². The Hall–Kier alpha value is -0.183. The Morgan fingerprint density at radius 3 is 2.29 bits per heavy atom. The van der Waals surface area contributed by atoms with Crippen molar-refractivity contribution in [3.05, 3.63) is 36.3 Å². The van der Waals surface area contributed by atoms with Crippen LogP contribution in [0.4, 0.5) is 0 Å². The Bertz CT molecular complexity index is 272. The Morgan fingerprint density at radius 2 is 1.71 bits per heavy atom. The zero-order chi connectivity index (χ0) is 8.59. The normalized spacial score (nSPS) is 16.9. The molecule has 0 atom stereocenters. The fourth-order valence-corrected chi connectivity index (χ4v) is 0.188. The summed E-state index contributed by atoms with van der Waals surface area (Å²) in [6.07, 6.45) is 0. The Morgan fingerprint density at radius 1 is 1.14 bits per heavy atom. The third-order valence-corrected chi connectivity index (χ3v) is 0.375. The first-order valence-electron chi connectivity index (χ1n) is 4.00. The molecule has 0 N–H and O–H groups in total. The van der Waals surface area contributed by atoms with Crippen LogP contribution in [0.1, 0.15) is 6.85 Å². The fraction of sp³-hybridized carbons (Fsp3) is 0. The van der Waals surface area contributed by atoms with Crippen molar-refractivity contribution in [1.29, 1.82) is 0 Å². The number of hydrogen-bond acceptors (Lipinski definition) is 0. The average molecular weight is 89.1 g/mol. The number of hydrogen-bond donors (Lipinski definition) is 0. The van der Waals surface area contributed by atoms with Gasteiger partial charge in [0.1, 0.15) is 0 Å². The van der Waals surface area contributed by atoms with Crippen LogP contribution in [0.5, 0.6) is 0 Å². The first kappa shape index (κ1) is 1.97. The molecule has 0 amide bonds. The Balaban J connectivity index is 0.00000121. The Kier molecular flexibility index (Phi) is 1.12. The van der Waals surface area contributed by atoms with Crippen molar-refractivity contribution < 1.29 is 25.7 Å². The second kappa shape index (κ2) is 3.99. The van der Waals surface area contributed by atoms with Crippen molar-refractivity contribution in [3.63, 3.8) is 0 Å². The van der Waals surface area contributed by atoms with Gasteiger partial charge in [-0.1, -0.05) is 0 Å². The smallest absolute Gasteiger partial charge is 0.184 e. The van der Waals surface area contributed by atoms with Gasteiger partial charge in [0.2, 0.25) is 0 Å². The summed E-state index contributed by atoms with van der Waals surface area (Å²) in [6.45, 7) is 0. The molecule has 0 saturated heterocycles. The van der Waals surface area contributed by atoms with Gasteiger partial charge in [-0.2, -0.15) is 36.3 Å². The molecular weight excluding hydrogens is 79.0 g/mol. The predicted molar refractivity (Wildman–Crippen MR) is 25.3 cm³/mol. The van der Waals surface area contributed by atoms with Crippen LogP contribution in [0, 0.1) is 6.07 Å². The molecular formula is C6H5Li. The second-order valence-corrected chi connectivity index (χ2v) is 0.750. The maximum Gasteiger partial charge on any atom is 1.00 e. The van der Waals surface area contributed by atoms with E-state index in [1.807, 2.05) is 0 Å². The van der Waals surface area contributed by atoms with Crippen LogP contribution >= 0.6 is 0 Å². The van der Waals surface area contributed by atoms with E-state index in [0.717, 1.165) is 0 Å². The van der Waals surface area contributed by atoms with Crippen molar-refractivity contribution >= 4 is 0 Å². The van der Waals surface area contributed by atoms with E-state index in [9.17, 15) is 0 Å². The number of benzene rings is 1. The first-order valence-corrected chi connectivity index (χ1v) is 1.50. The third kappa shape index (κ3) is 2.50. The van der Waals surface area contributed by atoms with Crippen LogP contribution in [0.15, 0.2) is 30.2 Å². The molecule has 1 rings (SSSR count). The van der Waals surface area contributed by atoms with E-state index in [1.165, 1.54) is 0 Å². The molecule has 7 heavy (non-hydrogen) atoms. The van der Waals surface area contributed by atoms with Gasteiger partial charge in [0, 0.05) is 4.11 Å². The zero-order valence-electron chi connectivity index (χ0n) is 9.00. The second-order valence-electron chi connectivity index (χ2n) is 0.750. The molecule has 0 saturated carbocycles. The summed E-state index contributed by atoms with van der Waals surface area (Å²) in [5, 5.41) is 0. The van der Waals surface area contributed by atoms with Gasteiger partial charge in [-0.05, 0) is 2.74 Å². The maximum atomic E-state index is 7.09. The van der Waals surface area contributed by atoms with Gasteiger partial charge in [0.15, 0.2) is 0 Å². The molecule has 0 nitrogen and oxygen atoms in total. The van der Waals surface area contributed by atoms with Crippen molar-refractivity contribution in [2.75, 3.05) is 0 Å². The van der Waals surface area contributed by atoms with Gasteiger partial charge < -0.3 is 0 Å². The van der Waals surface area contributed by atoms with Crippen LogP contribution in [0.25, 0.3) is 0 Å². The standard InChI is InChI=1S/C6H5.Li/c1-2-4-6-5-3-1;/h1-5H;/q-1;+1/i1D,2D,3D,4D,5D;. The molecule has 1 aromatic carbocycles. The summed E-state index contributed by atoms with van der Waals surface area (Å²) in [4.78, 5) is 0. The van der Waals surface area contributed by atoms with Crippen molar-refractivity contribution in [3.8, 4) is 0 Å². The molecule has 1 heteroatoms. The molecule has 30 valence electrons. The summed E-state index contributed by atoms with van der Waals surface area (Å²) in [5.74, 6) is 0. The van der Waals surface area contributed by atoms with Gasteiger partial charge in [0.05, 0.1) is 0 Å². The van der Waals surface area contributed by atoms with E-state index in [2.05, 4.69) is 6.07 Å². The largest absolute Gasteiger partial charge is 1.00 e. The summed E-state index contributed by atoms with van der Waals surface area (Å²) < 4.78 is 35.3. The minimum Gasteiger partial charge on any atom is -0.184 e. The quantitative estimate of drug-likeness (QED) is 0.268. The SMILES string of the molecule is [2H]c1[c-]c([2H])c([2H])c([2H])c1[2H].[Li+]. The molecule has 0 radical (unpaired) electrons. The topological polar surface area (TPSA) is 0 Å². The van der Waals surface area contributed by atoms with E-state index in [4.69, 9.17) is 6.85 Å². The van der Waals surface area contributed by atoms with Gasteiger partial charge in [0.25, 0.3) is 0 Å². The molecule has 0 spiro atoms. The van der Waals surface area contributed by atoms with Crippen molar-refractivity contribution in [1.82, 2.24) is 0 Å². The van der Waals surface area contributed by atoms with Gasteiger partial charge in [-0.15, -0.1) is 0 Å². The van der Waals surface area contributed by atoms with Gasteiger partial charge in [-0.25, -0.2) is 0 Å². The zero-order valence-corrected chi connectivity index (χ0v) is 4.00. The van der Waals surface area contributed by atoms with Crippen molar-refractivity contribution in [2.45, 2.75) is 0 Å². The van der Waals surface area contributed by atoms with E-state index in [0.29, 0.717) is 0 Å². The molecule has 0 aliphatic carbocycles. The summed E-state index contributed by atoms with van der Waals surface area (Å²) in [6, 6.07) is 0.536. The van der Waals surface area contributed by atoms with Crippen LogP contribution in [-0.2, 0) is 0 Å². The van der Waals surface area contributed by atoms with Crippen LogP contribution < -0.4 is 18.9 Å². The molecule has 0 bridgehead atoms. The molecule has 0 aromatic heterocycles. The Labute approximate surface area is 62.8 Å². The van der Waals surface area contributed by atoms with E-state index >= 15 is 0 Å². The van der Waals surface area contributed by atoms with Gasteiger partial charge >= 0.3 is 18.9 Å². The molecule has 0 heterocycles. The monoisotopic (exact) mass is 89.1 g/mol. The van der Waals surface area contributed by atoms with Crippen LogP contribution in [0.3, 0.4) is 0 Å². The minimum atomic E-state index is -0.376. The minimum absolute atomic E-state index is 0. The molecule has 0 aliphatic rings. The average Bonchev–Trinajstić information content (AvgIpc) is 1.97. The molecule has 0 unspecified atom stereocenters. The van der Waals surface area contributed by atoms with E-state index in [1.54, 1.807) is 0 Å². The summed E-state index contributed by atoms with van der Waals surface area (Å²) >= 11 is 0. The first-order chi connectivity index (χ1) is 5.04. The molecule has 1 aromatic rings. The van der Waals surface area contributed by atoms with Gasteiger partial charge in [-0.3, -0.25) is 0 Å². The maximum absolute atomic E-state index is 7.09. The predicted octanol–water partition coefficient (Wildman–Crippen LogP) is -1.51. The van der Waals surface area contributed by atoms with E-state index < -0.39 is 0 Å². The third-order valence-electron chi connectivity index (χ3n) is 0.375. The van der Waals surface area contributed by atoms with Crippen LogP contribution in [0.2, 0.25) is 0 Å². The number of rotatable bonds is 0.